The van der Waals surface area contributed by atoms with E-state index in [-0.39, 0.29) is 13.3 Å². The predicted molar refractivity (Wildman–Crippen MR) is 47.6 cm³/mol. The first-order valence-electron chi connectivity index (χ1n) is 3.66. The lowest BCUT2D eigenvalue weighted by Crippen LogP contribution is -2.23. The van der Waals surface area contributed by atoms with Crippen molar-refractivity contribution in [2.75, 3.05) is 0 Å². The molecule has 0 unspecified atom stereocenters. The molecule has 0 bridgehead atoms. The first-order valence-corrected chi connectivity index (χ1v) is 3.66. The van der Waals surface area contributed by atoms with E-state index in [0.29, 0.717) is 5.46 Å². The molecular weight excluding hydrogens is 141 g/mol. The van der Waals surface area contributed by atoms with Crippen molar-refractivity contribution in [2.24, 2.45) is 0 Å². The van der Waals surface area contributed by atoms with Gasteiger partial charge >= 0.3 is 7.48 Å². The molecule has 1 rings (SSSR count). The third kappa shape index (κ3) is 1.63. The summed E-state index contributed by atoms with van der Waals surface area (Å²) < 4.78 is 12.9. The van der Waals surface area contributed by atoms with E-state index in [1.54, 1.807) is 6.07 Å². The molecule has 0 spiro atoms. The Hall–Kier alpha value is -0.760. The Morgan fingerprint density at radius 3 is 2.73 bits per heavy atom. The van der Waals surface area contributed by atoms with Gasteiger partial charge in [0, 0.05) is 0 Å². The molecule has 1 aromatic rings. The zero-order valence-corrected chi connectivity index (χ0v) is 6.47. The number of hydrogen-bond acceptors (Lipinski definition) is 1. The summed E-state index contributed by atoms with van der Waals surface area (Å²) in [5.74, 6) is -0.313. The summed E-state index contributed by atoms with van der Waals surface area (Å²) in [6, 6.07) is 4.85. The average molecular weight is 150 g/mol. The van der Waals surface area contributed by atoms with Crippen LogP contribution in [0.1, 0.15) is 5.56 Å². The van der Waals surface area contributed by atoms with Gasteiger partial charge in [-0.3, -0.25) is 0 Å². The molecular formula is C7H9B2FO. The van der Waals surface area contributed by atoms with Crippen LogP contribution in [-0.4, -0.2) is 20.4 Å². The largest absolute Gasteiger partial charge is 0.449 e. The molecule has 11 heavy (non-hydrogen) atoms. The smallest absolute Gasteiger partial charge is 0.307 e. The first-order chi connectivity index (χ1) is 5.29. The molecule has 1 N–H and O–H groups in total. The molecule has 1 nitrogen and oxygen atoms in total. The maximum Gasteiger partial charge on any atom is 0.307 e. The standard InChI is InChI=1S/C7H9B2FO/c8-4-5-2-1-3-6(10)7(5)9-11/h1-3,9,11H,4,8H2. The van der Waals surface area contributed by atoms with Crippen molar-refractivity contribution >= 4 is 20.8 Å². The highest BCUT2D eigenvalue weighted by Gasteiger charge is 2.05. The minimum absolute atomic E-state index is 0.212. The average Bonchev–Trinajstić information content (AvgIpc) is 2.04. The summed E-state index contributed by atoms with van der Waals surface area (Å²) in [5.41, 5.74) is 1.31. The maximum atomic E-state index is 12.9. The Morgan fingerprint density at radius 1 is 1.55 bits per heavy atom. The molecule has 0 radical (unpaired) electrons. The second kappa shape index (κ2) is 3.58. The van der Waals surface area contributed by atoms with Crippen LogP contribution in [0.5, 0.6) is 0 Å². The van der Waals surface area contributed by atoms with Crippen LogP contribution in [-0.2, 0) is 6.32 Å². The van der Waals surface area contributed by atoms with Crippen molar-refractivity contribution < 1.29 is 9.41 Å². The number of benzene rings is 1. The number of rotatable bonds is 2. The van der Waals surface area contributed by atoms with Gasteiger partial charge in [0.1, 0.15) is 13.7 Å². The van der Waals surface area contributed by atoms with Gasteiger partial charge < -0.3 is 5.02 Å². The summed E-state index contributed by atoms with van der Waals surface area (Å²) in [6.07, 6.45) is 0.758. The maximum absolute atomic E-state index is 12.9. The zero-order valence-electron chi connectivity index (χ0n) is 6.47. The molecule has 0 fully saturated rings. The van der Waals surface area contributed by atoms with Crippen LogP contribution in [0.2, 0.25) is 0 Å². The van der Waals surface area contributed by atoms with E-state index in [2.05, 4.69) is 0 Å². The lowest BCUT2D eigenvalue weighted by Gasteiger charge is -2.03. The van der Waals surface area contributed by atoms with E-state index < -0.39 is 0 Å². The van der Waals surface area contributed by atoms with Crippen molar-refractivity contribution in [3.8, 4) is 0 Å². The van der Waals surface area contributed by atoms with Crippen molar-refractivity contribution in [3.63, 3.8) is 0 Å². The molecule has 0 aliphatic rings. The van der Waals surface area contributed by atoms with E-state index in [0.717, 1.165) is 11.9 Å². The lowest BCUT2D eigenvalue weighted by molar-refractivity contribution is 0.601. The molecule has 0 saturated heterocycles. The van der Waals surface area contributed by atoms with Gasteiger partial charge in [0.25, 0.3) is 0 Å². The van der Waals surface area contributed by atoms with Gasteiger partial charge in [-0.2, -0.15) is 0 Å². The van der Waals surface area contributed by atoms with Gasteiger partial charge in [-0.15, -0.1) is 0 Å². The van der Waals surface area contributed by atoms with Gasteiger partial charge in [0.05, 0.1) is 0 Å². The van der Waals surface area contributed by atoms with E-state index >= 15 is 0 Å². The molecule has 0 atom stereocenters. The van der Waals surface area contributed by atoms with E-state index in [1.165, 1.54) is 6.07 Å². The van der Waals surface area contributed by atoms with E-state index in [9.17, 15) is 4.39 Å². The van der Waals surface area contributed by atoms with Crippen LogP contribution >= 0.6 is 0 Å². The summed E-state index contributed by atoms with van der Waals surface area (Å²) >= 11 is 0. The lowest BCUT2D eigenvalue weighted by atomic mass is 9.79. The van der Waals surface area contributed by atoms with Gasteiger partial charge in [-0.1, -0.05) is 24.0 Å². The van der Waals surface area contributed by atoms with Gasteiger partial charge in [0.2, 0.25) is 0 Å². The van der Waals surface area contributed by atoms with Crippen LogP contribution in [0.25, 0.3) is 0 Å². The van der Waals surface area contributed by atoms with Crippen LogP contribution in [0.3, 0.4) is 0 Å². The molecule has 1 aromatic carbocycles. The molecule has 0 heterocycles. The second-order valence-corrected chi connectivity index (χ2v) is 2.39. The van der Waals surface area contributed by atoms with Gasteiger partial charge in [-0.25, -0.2) is 4.39 Å². The first kappa shape index (κ1) is 8.34. The number of hydrogen-bond donors (Lipinski definition) is 1. The summed E-state index contributed by atoms with van der Waals surface area (Å²) in [6.45, 7) is 0. The highest BCUT2D eigenvalue weighted by molar-refractivity contribution is 6.46. The highest BCUT2D eigenvalue weighted by atomic mass is 19.1. The fourth-order valence-electron chi connectivity index (χ4n) is 1.11. The summed E-state index contributed by atoms with van der Waals surface area (Å²) in [7, 11) is 1.73. The Morgan fingerprint density at radius 2 is 2.27 bits per heavy atom. The second-order valence-electron chi connectivity index (χ2n) is 2.39. The Bertz CT molecular complexity index is 252. The van der Waals surface area contributed by atoms with Crippen molar-refractivity contribution in [2.45, 2.75) is 6.32 Å². The fourth-order valence-corrected chi connectivity index (χ4v) is 1.11. The molecule has 0 aromatic heterocycles. The SMILES string of the molecule is BCc1cccc(F)c1BO. The molecule has 0 aliphatic carbocycles. The minimum atomic E-state index is -0.313. The van der Waals surface area contributed by atoms with Crippen molar-refractivity contribution in [3.05, 3.63) is 29.6 Å². The summed E-state index contributed by atoms with van der Waals surface area (Å²) in [5, 5.41) is 8.79. The van der Waals surface area contributed by atoms with E-state index in [1.807, 2.05) is 13.9 Å². The monoisotopic (exact) mass is 150 g/mol. The van der Waals surface area contributed by atoms with E-state index in [4.69, 9.17) is 5.02 Å². The molecule has 0 saturated carbocycles. The Kier molecular flexibility index (Phi) is 2.71. The number of halogens is 1. The van der Waals surface area contributed by atoms with Crippen LogP contribution in [0, 0.1) is 5.82 Å². The molecule has 56 valence electrons. The quantitative estimate of drug-likeness (QED) is 0.532. The van der Waals surface area contributed by atoms with Crippen LogP contribution < -0.4 is 5.46 Å². The zero-order chi connectivity index (χ0) is 8.27. The van der Waals surface area contributed by atoms with Gasteiger partial charge in [0.15, 0.2) is 0 Å². The Balaban J connectivity index is 3.13. The fraction of sp³-hybridized carbons (Fsp3) is 0.143. The molecule has 4 heteroatoms. The van der Waals surface area contributed by atoms with Crippen molar-refractivity contribution in [1.29, 1.82) is 0 Å². The predicted octanol–water partition coefficient (Wildman–Crippen LogP) is -1.07. The Labute approximate surface area is 66.9 Å². The van der Waals surface area contributed by atoms with Crippen molar-refractivity contribution in [1.82, 2.24) is 0 Å². The molecule has 0 amide bonds. The highest BCUT2D eigenvalue weighted by Crippen LogP contribution is 1.99. The van der Waals surface area contributed by atoms with Crippen LogP contribution in [0.4, 0.5) is 4.39 Å². The molecule has 0 aliphatic heterocycles. The van der Waals surface area contributed by atoms with Crippen LogP contribution in [0.15, 0.2) is 18.2 Å². The minimum Gasteiger partial charge on any atom is -0.449 e. The third-order valence-corrected chi connectivity index (χ3v) is 1.75. The topological polar surface area (TPSA) is 20.2 Å². The third-order valence-electron chi connectivity index (χ3n) is 1.75. The normalized spacial score (nSPS) is 9.64. The summed E-state index contributed by atoms with van der Waals surface area (Å²) in [4.78, 5) is 0. The van der Waals surface area contributed by atoms with Gasteiger partial charge in [-0.05, 0) is 11.5 Å².